The molecular weight excluding hydrogens is 738 g/mol. The Morgan fingerprint density at radius 2 is 0.942 bits per heavy atom. The number of amides is 2. The fourth-order valence-electron chi connectivity index (χ4n) is 10.0. The Bertz CT molecular complexity index is 1430. The van der Waals surface area contributed by atoms with Crippen LogP contribution >= 0.6 is 46.4 Å². The fourth-order valence-corrected chi connectivity index (χ4v) is 10.7. The lowest BCUT2D eigenvalue weighted by molar-refractivity contribution is -0.138. The third-order valence-corrected chi connectivity index (χ3v) is 13.9. The smallest absolute Gasteiger partial charge is 0.227 e. The first-order valence-electron chi connectivity index (χ1n) is 19.7. The summed E-state index contributed by atoms with van der Waals surface area (Å²) in [4.78, 5) is 35.9. The number of halogens is 4. The van der Waals surface area contributed by atoms with Crippen LogP contribution < -0.4 is 10.6 Å². The minimum absolute atomic E-state index is 0.214. The van der Waals surface area contributed by atoms with E-state index >= 15 is 0 Å². The van der Waals surface area contributed by atoms with Crippen molar-refractivity contribution >= 4 is 58.2 Å². The van der Waals surface area contributed by atoms with E-state index in [1.165, 1.54) is 90.4 Å². The lowest BCUT2D eigenvalue weighted by Gasteiger charge is -2.51. The molecule has 6 fully saturated rings. The van der Waals surface area contributed by atoms with Gasteiger partial charge in [0.25, 0.3) is 0 Å². The average Bonchev–Trinajstić information content (AvgIpc) is 3.90. The molecule has 0 aromatic heterocycles. The largest absolute Gasteiger partial charge is 0.335 e. The van der Waals surface area contributed by atoms with Crippen LogP contribution in [0, 0.1) is 0 Å². The Balaban J connectivity index is 0.000000162. The van der Waals surface area contributed by atoms with E-state index in [0.29, 0.717) is 69.2 Å². The fraction of sp³-hybridized carbons (Fsp3) is 0.650. The Kier molecular flexibility index (Phi) is 13.3. The van der Waals surface area contributed by atoms with E-state index in [1.807, 2.05) is 24.3 Å². The molecule has 2 amide bonds. The number of hydrogen-bond donors (Lipinski definition) is 2. The highest BCUT2D eigenvalue weighted by molar-refractivity contribution is 6.42. The summed E-state index contributed by atoms with van der Waals surface area (Å²) >= 11 is 24.3. The maximum atomic E-state index is 13.2. The van der Waals surface area contributed by atoms with E-state index in [1.54, 1.807) is 12.1 Å². The van der Waals surface area contributed by atoms with Gasteiger partial charge in [-0.15, -0.1) is 0 Å². The first kappa shape index (κ1) is 38.6. The van der Waals surface area contributed by atoms with Gasteiger partial charge in [0.2, 0.25) is 11.8 Å². The van der Waals surface area contributed by atoms with Gasteiger partial charge >= 0.3 is 0 Å². The number of benzene rings is 2. The third kappa shape index (κ3) is 8.91. The van der Waals surface area contributed by atoms with E-state index in [4.69, 9.17) is 46.4 Å². The monoisotopic (exact) mass is 790 g/mol. The van der Waals surface area contributed by atoms with Crippen molar-refractivity contribution in [2.24, 2.45) is 0 Å². The molecule has 2 saturated carbocycles. The molecule has 2 aromatic carbocycles. The van der Waals surface area contributed by atoms with Crippen LogP contribution in [0.2, 0.25) is 20.1 Å². The molecule has 4 aliphatic heterocycles. The minimum Gasteiger partial charge on any atom is -0.335 e. The number of rotatable bonds is 6. The van der Waals surface area contributed by atoms with Gasteiger partial charge in [-0.3, -0.25) is 19.4 Å². The molecule has 8 rings (SSSR count). The SMILES string of the molecule is O=C(Cc1ccc(Cl)c(Cl)c1)N1CCN[C@@H]2CCC[C@H](N3CCCC3)[C@@H]21.O=C(Cc1ccc(Cl)c(Cl)c1)N1CCN[C@H]2CCC[C@@H](N3CCCC3)[C@H]21. The maximum Gasteiger partial charge on any atom is 0.227 e. The molecule has 284 valence electrons. The van der Waals surface area contributed by atoms with Gasteiger partial charge in [-0.1, -0.05) is 71.4 Å². The number of hydrogen-bond acceptors (Lipinski definition) is 6. The number of fused-ring (bicyclic) bond motifs is 2. The molecule has 12 heteroatoms. The van der Waals surface area contributed by atoms with Gasteiger partial charge < -0.3 is 20.4 Å². The van der Waals surface area contributed by atoms with Gasteiger partial charge in [-0.05, 0) is 113 Å². The predicted molar refractivity (Wildman–Crippen MR) is 212 cm³/mol. The van der Waals surface area contributed by atoms with Crippen molar-refractivity contribution < 1.29 is 9.59 Å². The molecule has 4 heterocycles. The predicted octanol–water partition coefficient (Wildman–Crippen LogP) is 6.71. The molecule has 2 aliphatic carbocycles. The van der Waals surface area contributed by atoms with Crippen LogP contribution in [0.15, 0.2) is 36.4 Å². The zero-order valence-corrected chi connectivity index (χ0v) is 33.2. The van der Waals surface area contributed by atoms with Gasteiger partial charge in [0, 0.05) is 50.3 Å². The molecule has 6 aliphatic rings. The number of nitrogens with zero attached hydrogens (tertiary/aromatic N) is 4. The summed E-state index contributed by atoms with van der Waals surface area (Å²) in [7, 11) is 0. The Labute approximate surface area is 329 Å². The molecule has 0 radical (unpaired) electrons. The quantitative estimate of drug-likeness (QED) is 0.340. The number of piperazine rings is 2. The van der Waals surface area contributed by atoms with Crippen molar-refractivity contribution in [2.45, 2.75) is 113 Å². The first-order chi connectivity index (χ1) is 25.3. The van der Waals surface area contributed by atoms with E-state index in [-0.39, 0.29) is 11.8 Å². The van der Waals surface area contributed by atoms with Crippen LogP contribution in [0.25, 0.3) is 0 Å². The second kappa shape index (κ2) is 17.9. The molecule has 2 aromatic rings. The van der Waals surface area contributed by atoms with Crippen molar-refractivity contribution in [3.8, 4) is 0 Å². The van der Waals surface area contributed by atoms with Gasteiger partial charge in [0.1, 0.15) is 0 Å². The Hall–Kier alpha value is -1.62. The number of nitrogens with one attached hydrogen (secondary N) is 2. The highest BCUT2D eigenvalue weighted by Gasteiger charge is 2.45. The molecule has 4 saturated heterocycles. The van der Waals surface area contributed by atoms with Crippen LogP contribution in [-0.4, -0.2) is 120 Å². The maximum absolute atomic E-state index is 13.2. The molecule has 52 heavy (non-hydrogen) atoms. The second-order valence-electron chi connectivity index (χ2n) is 15.6. The van der Waals surface area contributed by atoms with Crippen molar-refractivity contribution in [3.05, 3.63) is 67.6 Å². The van der Waals surface area contributed by atoms with E-state index in [9.17, 15) is 9.59 Å². The number of likely N-dealkylation sites (tertiary alicyclic amines) is 2. The molecular formula is C40H54Cl4N6O2. The van der Waals surface area contributed by atoms with Crippen LogP contribution in [0.5, 0.6) is 0 Å². The summed E-state index contributed by atoms with van der Waals surface area (Å²) in [5.74, 6) is 0.428. The van der Waals surface area contributed by atoms with Gasteiger partial charge in [-0.2, -0.15) is 0 Å². The molecule has 0 spiro atoms. The zero-order chi connectivity index (χ0) is 36.2. The first-order valence-corrected chi connectivity index (χ1v) is 21.2. The molecule has 2 N–H and O–H groups in total. The molecule has 8 nitrogen and oxygen atoms in total. The highest BCUT2D eigenvalue weighted by atomic mass is 35.5. The average molecular weight is 793 g/mol. The van der Waals surface area contributed by atoms with Crippen LogP contribution in [0.4, 0.5) is 0 Å². The Morgan fingerprint density at radius 1 is 0.538 bits per heavy atom. The number of carbonyl (C=O) groups is 2. The summed E-state index contributed by atoms with van der Waals surface area (Å²) in [6.45, 7) is 8.11. The Morgan fingerprint density at radius 3 is 1.33 bits per heavy atom. The van der Waals surface area contributed by atoms with Gasteiger partial charge in [0.15, 0.2) is 0 Å². The van der Waals surface area contributed by atoms with Crippen molar-refractivity contribution in [2.75, 3.05) is 52.4 Å². The summed E-state index contributed by atoms with van der Waals surface area (Å²) in [5, 5.41) is 9.46. The molecule has 6 atom stereocenters. The number of carbonyl (C=O) groups excluding carboxylic acids is 2. The van der Waals surface area contributed by atoms with Crippen molar-refractivity contribution in [3.63, 3.8) is 0 Å². The van der Waals surface area contributed by atoms with Crippen LogP contribution in [0.3, 0.4) is 0 Å². The topological polar surface area (TPSA) is 71.2 Å². The summed E-state index contributed by atoms with van der Waals surface area (Å²) in [6.07, 6.45) is 13.2. The zero-order valence-electron chi connectivity index (χ0n) is 30.2. The third-order valence-electron chi connectivity index (χ3n) is 12.4. The van der Waals surface area contributed by atoms with E-state index in [2.05, 4.69) is 30.2 Å². The summed E-state index contributed by atoms with van der Waals surface area (Å²) < 4.78 is 0. The summed E-state index contributed by atoms with van der Waals surface area (Å²) in [6, 6.07) is 13.5. The van der Waals surface area contributed by atoms with Gasteiger partial charge in [0.05, 0.1) is 45.0 Å². The second-order valence-corrected chi connectivity index (χ2v) is 17.2. The van der Waals surface area contributed by atoms with E-state index < -0.39 is 0 Å². The van der Waals surface area contributed by atoms with Crippen molar-refractivity contribution in [1.82, 2.24) is 30.2 Å². The van der Waals surface area contributed by atoms with Crippen molar-refractivity contribution in [1.29, 1.82) is 0 Å². The molecule has 0 bridgehead atoms. The normalized spacial score (nSPS) is 29.6. The molecule has 0 unspecified atom stereocenters. The lowest BCUT2D eigenvalue weighted by Crippen LogP contribution is -2.68. The van der Waals surface area contributed by atoms with Gasteiger partial charge in [-0.25, -0.2) is 0 Å². The van der Waals surface area contributed by atoms with E-state index in [0.717, 1.165) is 37.3 Å². The van der Waals surface area contributed by atoms with Crippen LogP contribution in [-0.2, 0) is 22.4 Å². The standard InChI is InChI=1S/2C20H27Cl2N3O/c2*21-15-7-6-14(12-16(15)22)13-19(26)25-11-8-23-17-4-3-5-18(20(17)25)24-9-1-2-10-24/h2*6-7,12,17-18,20,23H,1-5,8-11,13H2/t2*17-,18+,20-/m10/s1. The lowest BCUT2D eigenvalue weighted by atomic mass is 9.82. The van der Waals surface area contributed by atoms with Crippen LogP contribution in [0.1, 0.15) is 75.3 Å². The minimum atomic E-state index is 0.214. The summed E-state index contributed by atoms with van der Waals surface area (Å²) in [5.41, 5.74) is 1.88. The highest BCUT2D eigenvalue weighted by Crippen LogP contribution is 2.34.